The zero-order valence-corrected chi connectivity index (χ0v) is 13.1. The Morgan fingerprint density at radius 1 is 0.875 bits per heavy atom. The number of piperazine rings is 1. The van der Waals surface area contributed by atoms with Crippen molar-refractivity contribution in [3.05, 3.63) is 42.5 Å². The predicted molar refractivity (Wildman–Crippen MR) is 93.4 cm³/mol. The minimum Gasteiger partial charge on any atom is -0.508 e. The molecule has 0 atom stereocenters. The van der Waals surface area contributed by atoms with Gasteiger partial charge in [0.05, 0.1) is 5.69 Å². The third-order valence-electron chi connectivity index (χ3n) is 4.31. The molecule has 0 amide bonds. The maximum Gasteiger partial charge on any atom is 0.151 e. The van der Waals surface area contributed by atoms with E-state index in [1.807, 2.05) is 24.3 Å². The molecule has 0 radical (unpaired) electrons. The first-order chi connectivity index (χ1) is 11.7. The van der Waals surface area contributed by atoms with Crippen LogP contribution in [-0.4, -0.2) is 46.6 Å². The molecule has 4 rings (SSSR count). The Morgan fingerprint density at radius 3 is 2.46 bits per heavy atom. The molecule has 1 fully saturated rings. The molecule has 0 saturated carbocycles. The number of fused-ring (bicyclic) bond motifs is 1. The molecule has 3 N–H and O–H groups in total. The van der Waals surface area contributed by atoms with Gasteiger partial charge in [-0.25, -0.2) is 0 Å². The number of phenolic OH excluding ortho intramolecular Hbond substituents is 2. The summed E-state index contributed by atoms with van der Waals surface area (Å²) in [6, 6.07) is 12.4. The molecule has 122 valence electrons. The van der Waals surface area contributed by atoms with Crippen molar-refractivity contribution >= 4 is 16.6 Å². The van der Waals surface area contributed by atoms with Crippen molar-refractivity contribution in [3.8, 4) is 22.8 Å². The van der Waals surface area contributed by atoms with Gasteiger partial charge in [0.2, 0.25) is 0 Å². The molecule has 0 aliphatic carbocycles. The second-order valence-electron chi connectivity index (χ2n) is 5.91. The average Bonchev–Trinajstić information content (AvgIpc) is 2.62. The topological polar surface area (TPSA) is 81.5 Å². The summed E-state index contributed by atoms with van der Waals surface area (Å²) >= 11 is 0. The van der Waals surface area contributed by atoms with Gasteiger partial charge < -0.3 is 20.4 Å². The van der Waals surface area contributed by atoms with Crippen LogP contribution in [0.2, 0.25) is 0 Å². The first-order valence-corrected chi connectivity index (χ1v) is 7.96. The highest BCUT2D eigenvalue weighted by atomic mass is 16.3. The second-order valence-corrected chi connectivity index (χ2v) is 5.91. The Hall–Kier alpha value is -2.86. The number of aromatic hydroxyl groups is 2. The van der Waals surface area contributed by atoms with E-state index in [1.54, 1.807) is 18.2 Å². The molecular formula is C18H18N4O2. The molecule has 0 spiro atoms. The molecular weight excluding hydrogens is 304 g/mol. The Morgan fingerprint density at radius 2 is 1.71 bits per heavy atom. The van der Waals surface area contributed by atoms with Gasteiger partial charge in [-0.15, -0.1) is 10.2 Å². The van der Waals surface area contributed by atoms with Crippen molar-refractivity contribution in [2.75, 3.05) is 31.1 Å². The van der Waals surface area contributed by atoms with E-state index in [1.165, 1.54) is 0 Å². The van der Waals surface area contributed by atoms with Crippen LogP contribution >= 0.6 is 0 Å². The van der Waals surface area contributed by atoms with Crippen LogP contribution in [0.25, 0.3) is 22.0 Å². The number of hydrogen-bond acceptors (Lipinski definition) is 6. The van der Waals surface area contributed by atoms with Gasteiger partial charge in [-0.2, -0.15) is 0 Å². The lowest BCUT2D eigenvalue weighted by atomic mass is 10.0. The summed E-state index contributed by atoms with van der Waals surface area (Å²) in [5, 5.41) is 33.5. The lowest BCUT2D eigenvalue weighted by molar-refractivity contribution is 0.475. The van der Waals surface area contributed by atoms with Gasteiger partial charge in [-0.05, 0) is 47.2 Å². The molecule has 1 aliphatic rings. The summed E-state index contributed by atoms with van der Waals surface area (Å²) in [6.45, 7) is 3.72. The minimum absolute atomic E-state index is 0.123. The summed E-state index contributed by atoms with van der Waals surface area (Å²) in [4.78, 5) is 2.19. The van der Waals surface area contributed by atoms with Crippen molar-refractivity contribution in [1.29, 1.82) is 0 Å². The van der Waals surface area contributed by atoms with Crippen molar-refractivity contribution in [2.24, 2.45) is 0 Å². The van der Waals surface area contributed by atoms with Gasteiger partial charge in [0.15, 0.2) is 5.82 Å². The molecule has 3 aromatic rings. The molecule has 2 heterocycles. The number of nitrogens with zero attached hydrogens (tertiary/aromatic N) is 3. The molecule has 1 aliphatic heterocycles. The van der Waals surface area contributed by atoms with Crippen LogP contribution in [0.15, 0.2) is 42.5 Å². The van der Waals surface area contributed by atoms with Crippen LogP contribution in [0.1, 0.15) is 0 Å². The zero-order valence-electron chi connectivity index (χ0n) is 13.1. The van der Waals surface area contributed by atoms with Gasteiger partial charge in [-0.1, -0.05) is 6.07 Å². The average molecular weight is 322 g/mol. The van der Waals surface area contributed by atoms with Crippen LogP contribution in [0.4, 0.5) is 5.82 Å². The third-order valence-corrected chi connectivity index (χ3v) is 4.31. The molecule has 24 heavy (non-hydrogen) atoms. The van der Waals surface area contributed by atoms with Gasteiger partial charge in [0.1, 0.15) is 11.5 Å². The quantitative estimate of drug-likeness (QED) is 0.670. The van der Waals surface area contributed by atoms with Crippen LogP contribution in [0.3, 0.4) is 0 Å². The number of rotatable bonds is 2. The fraction of sp³-hybridized carbons (Fsp3) is 0.222. The monoisotopic (exact) mass is 322 g/mol. The predicted octanol–water partition coefficient (Wildman–Crippen LogP) is 2.12. The minimum atomic E-state index is 0.123. The van der Waals surface area contributed by atoms with Gasteiger partial charge in [0.25, 0.3) is 0 Å². The third kappa shape index (κ3) is 2.72. The number of aromatic nitrogens is 2. The number of nitrogens with one attached hydrogen (secondary N) is 1. The number of benzene rings is 2. The van der Waals surface area contributed by atoms with Crippen LogP contribution in [0, 0.1) is 0 Å². The normalized spacial score (nSPS) is 14.9. The number of hydrogen-bond donors (Lipinski definition) is 3. The van der Waals surface area contributed by atoms with E-state index in [0.717, 1.165) is 42.8 Å². The highest BCUT2D eigenvalue weighted by molar-refractivity contribution is 5.90. The van der Waals surface area contributed by atoms with Crippen molar-refractivity contribution < 1.29 is 10.2 Å². The van der Waals surface area contributed by atoms with Gasteiger partial charge in [0, 0.05) is 31.7 Å². The van der Waals surface area contributed by atoms with E-state index in [-0.39, 0.29) is 11.5 Å². The Kier molecular flexibility index (Phi) is 3.66. The first-order valence-electron chi connectivity index (χ1n) is 7.96. The SMILES string of the molecule is Oc1ccc2cc(-c3ccc(N4CCNCC4)nn3)c(O)cc2c1. The maximum atomic E-state index is 10.3. The molecule has 0 unspecified atom stereocenters. The van der Waals surface area contributed by atoms with Crippen LogP contribution < -0.4 is 10.2 Å². The summed E-state index contributed by atoms with van der Waals surface area (Å²) in [6.07, 6.45) is 0. The Balaban J connectivity index is 1.69. The number of anilines is 1. The molecule has 6 heteroatoms. The smallest absolute Gasteiger partial charge is 0.151 e. The molecule has 0 bridgehead atoms. The molecule has 1 saturated heterocycles. The highest BCUT2D eigenvalue weighted by Gasteiger charge is 2.14. The molecule has 1 aromatic heterocycles. The summed E-state index contributed by atoms with van der Waals surface area (Å²) in [5.74, 6) is 1.15. The van der Waals surface area contributed by atoms with Crippen LogP contribution in [-0.2, 0) is 0 Å². The van der Waals surface area contributed by atoms with Crippen molar-refractivity contribution in [1.82, 2.24) is 15.5 Å². The Bertz CT molecular complexity index is 874. The van der Waals surface area contributed by atoms with Crippen molar-refractivity contribution in [3.63, 3.8) is 0 Å². The summed E-state index contributed by atoms with van der Waals surface area (Å²) < 4.78 is 0. The largest absolute Gasteiger partial charge is 0.508 e. The van der Waals surface area contributed by atoms with E-state index in [9.17, 15) is 10.2 Å². The first kappa shape index (κ1) is 14.7. The summed E-state index contributed by atoms with van der Waals surface area (Å²) in [7, 11) is 0. The maximum absolute atomic E-state index is 10.3. The Labute approximate surface area is 139 Å². The zero-order chi connectivity index (χ0) is 16.5. The second kappa shape index (κ2) is 5.98. The van der Waals surface area contributed by atoms with E-state index in [0.29, 0.717) is 11.3 Å². The molecule has 2 aromatic carbocycles. The summed E-state index contributed by atoms with van der Waals surface area (Å²) in [5.41, 5.74) is 1.26. The van der Waals surface area contributed by atoms with E-state index in [4.69, 9.17) is 0 Å². The van der Waals surface area contributed by atoms with Crippen LogP contribution in [0.5, 0.6) is 11.5 Å². The van der Waals surface area contributed by atoms with E-state index >= 15 is 0 Å². The van der Waals surface area contributed by atoms with E-state index < -0.39 is 0 Å². The van der Waals surface area contributed by atoms with Crippen molar-refractivity contribution in [2.45, 2.75) is 0 Å². The van der Waals surface area contributed by atoms with Gasteiger partial charge >= 0.3 is 0 Å². The lowest BCUT2D eigenvalue weighted by Gasteiger charge is -2.27. The highest BCUT2D eigenvalue weighted by Crippen LogP contribution is 2.33. The number of phenols is 2. The fourth-order valence-corrected chi connectivity index (χ4v) is 3.01. The standard InChI is InChI=1S/C18H18N4O2/c23-14-2-1-12-10-15(17(24)11-13(12)9-14)16-3-4-18(21-20-16)22-7-5-19-6-8-22/h1-4,9-11,19,23-24H,5-8H2. The molecule has 6 nitrogen and oxygen atoms in total. The van der Waals surface area contributed by atoms with Gasteiger partial charge in [-0.3, -0.25) is 0 Å². The fourth-order valence-electron chi connectivity index (χ4n) is 3.01. The lowest BCUT2D eigenvalue weighted by Crippen LogP contribution is -2.43. The van der Waals surface area contributed by atoms with E-state index in [2.05, 4.69) is 20.4 Å².